The Morgan fingerprint density at radius 2 is 2.20 bits per heavy atom. The second kappa shape index (κ2) is 4.31. The number of aromatic carboxylic acids is 1. The van der Waals surface area contributed by atoms with Crippen LogP contribution in [0.2, 0.25) is 0 Å². The molecule has 1 aliphatic carbocycles. The lowest BCUT2D eigenvalue weighted by Gasteiger charge is -2.19. The van der Waals surface area contributed by atoms with Crippen molar-refractivity contribution in [3.63, 3.8) is 0 Å². The average molecular weight is 272 g/mol. The highest BCUT2D eigenvalue weighted by Crippen LogP contribution is 2.45. The molecule has 1 aliphatic heterocycles. The Kier molecular flexibility index (Phi) is 2.57. The first kappa shape index (κ1) is 11.9. The van der Waals surface area contributed by atoms with Crippen molar-refractivity contribution >= 4 is 17.0 Å². The van der Waals surface area contributed by atoms with Crippen LogP contribution in [0.3, 0.4) is 0 Å². The zero-order valence-corrected chi connectivity index (χ0v) is 11.0. The van der Waals surface area contributed by atoms with Crippen molar-refractivity contribution < 1.29 is 14.6 Å². The molecule has 2 unspecified atom stereocenters. The molecule has 20 heavy (non-hydrogen) atoms. The summed E-state index contributed by atoms with van der Waals surface area (Å²) in [4.78, 5) is 15.5. The first-order chi connectivity index (χ1) is 9.74. The predicted molar refractivity (Wildman–Crippen MR) is 72.8 cm³/mol. The quantitative estimate of drug-likeness (QED) is 0.931. The van der Waals surface area contributed by atoms with Gasteiger partial charge in [0, 0.05) is 5.92 Å². The molecule has 0 spiro atoms. The fourth-order valence-corrected chi connectivity index (χ4v) is 3.24. The summed E-state index contributed by atoms with van der Waals surface area (Å²) in [5.74, 6) is 0.407. The smallest absolute Gasteiger partial charge is 0.335 e. The molecule has 2 heterocycles. The van der Waals surface area contributed by atoms with E-state index in [9.17, 15) is 4.79 Å². The summed E-state index contributed by atoms with van der Waals surface area (Å²) in [7, 11) is 0. The highest BCUT2D eigenvalue weighted by molar-refractivity contribution is 5.92. The second-order valence-corrected chi connectivity index (χ2v) is 5.77. The first-order valence-electron chi connectivity index (χ1n) is 7.01. The molecule has 4 rings (SSSR count). The van der Waals surface area contributed by atoms with E-state index in [1.54, 1.807) is 18.2 Å². The maximum atomic E-state index is 11.1. The van der Waals surface area contributed by atoms with Crippen molar-refractivity contribution in [3.05, 3.63) is 30.1 Å². The Morgan fingerprint density at radius 1 is 1.35 bits per heavy atom. The largest absolute Gasteiger partial charge is 0.478 e. The van der Waals surface area contributed by atoms with Gasteiger partial charge in [0.2, 0.25) is 0 Å². The minimum Gasteiger partial charge on any atom is -0.478 e. The van der Waals surface area contributed by atoms with E-state index >= 15 is 0 Å². The molecule has 1 N–H and O–H groups in total. The van der Waals surface area contributed by atoms with Crippen LogP contribution in [0.4, 0.5) is 0 Å². The van der Waals surface area contributed by atoms with Gasteiger partial charge < -0.3 is 14.4 Å². The standard InChI is InChI=1S/C15H16N2O3/c18-15(19)10-3-4-12-13(5-10)17(8-16-12)14-7-20-6-11(14)9-1-2-9/h3-5,8-9,11,14H,1-2,6-7H2,(H,18,19). The van der Waals surface area contributed by atoms with Crippen LogP contribution in [0.5, 0.6) is 0 Å². The van der Waals surface area contributed by atoms with Crippen LogP contribution in [0.15, 0.2) is 24.5 Å². The summed E-state index contributed by atoms with van der Waals surface area (Å²) < 4.78 is 7.77. The van der Waals surface area contributed by atoms with Crippen LogP contribution in [0.1, 0.15) is 29.2 Å². The number of carboxylic acids is 1. The Morgan fingerprint density at radius 3 is 2.95 bits per heavy atom. The van der Waals surface area contributed by atoms with Crippen molar-refractivity contribution in [2.45, 2.75) is 18.9 Å². The van der Waals surface area contributed by atoms with Gasteiger partial charge in [-0.25, -0.2) is 9.78 Å². The highest BCUT2D eigenvalue weighted by Gasteiger charge is 2.41. The van der Waals surface area contributed by atoms with Gasteiger partial charge in [0.05, 0.1) is 42.2 Å². The summed E-state index contributed by atoms with van der Waals surface area (Å²) in [5.41, 5.74) is 2.05. The number of fused-ring (bicyclic) bond motifs is 1. The van der Waals surface area contributed by atoms with Gasteiger partial charge in [0.1, 0.15) is 0 Å². The van der Waals surface area contributed by atoms with Crippen molar-refractivity contribution in [2.24, 2.45) is 11.8 Å². The Balaban J connectivity index is 1.78. The van der Waals surface area contributed by atoms with Crippen LogP contribution in [0, 0.1) is 11.8 Å². The maximum Gasteiger partial charge on any atom is 0.335 e. The molecule has 0 amide bonds. The van der Waals surface area contributed by atoms with E-state index in [2.05, 4.69) is 9.55 Å². The number of nitrogens with zero attached hydrogens (tertiary/aromatic N) is 2. The molecule has 0 radical (unpaired) electrons. The summed E-state index contributed by atoms with van der Waals surface area (Å²) in [5, 5.41) is 9.13. The fourth-order valence-electron chi connectivity index (χ4n) is 3.24. The summed E-state index contributed by atoms with van der Waals surface area (Å²) >= 11 is 0. The van der Waals surface area contributed by atoms with Gasteiger partial charge in [0.25, 0.3) is 0 Å². The number of benzene rings is 1. The van der Waals surface area contributed by atoms with Gasteiger partial charge in [-0.05, 0) is 37.0 Å². The normalized spacial score (nSPS) is 26.2. The molecule has 1 saturated heterocycles. The lowest BCUT2D eigenvalue weighted by atomic mass is 9.98. The minimum atomic E-state index is -0.902. The van der Waals surface area contributed by atoms with E-state index in [-0.39, 0.29) is 6.04 Å². The number of hydrogen-bond donors (Lipinski definition) is 1. The SMILES string of the molecule is O=C(O)c1ccc2ncn(C3COCC3C3CC3)c2c1. The molecule has 1 aromatic heterocycles. The van der Waals surface area contributed by atoms with Crippen molar-refractivity contribution in [1.29, 1.82) is 0 Å². The van der Waals surface area contributed by atoms with E-state index in [0.29, 0.717) is 18.1 Å². The third kappa shape index (κ3) is 1.81. The fraction of sp³-hybridized carbons (Fsp3) is 0.467. The second-order valence-electron chi connectivity index (χ2n) is 5.77. The van der Waals surface area contributed by atoms with Crippen LogP contribution < -0.4 is 0 Å². The Bertz CT molecular complexity index is 675. The third-order valence-corrected chi connectivity index (χ3v) is 4.50. The topological polar surface area (TPSA) is 64.3 Å². The first-order valence-corrected chi connectivity index (χ1v) is 7.01. The molecule has 2 atom stereocenters. The minimum absolute atomic E-state index is 0.288. The average Bonchev–Trinajstić information content (AvgIpc) is 3.02. The molecular formula is C15H16N2O3. The van der Waals surface area contributed by atoms with Gasteiger partial charge in [-0.15, -0.1) is 0 Å². The predicted octanol–water partition coefficient (Wildman–Crippen LogP) is 2.33. The summed E-state index contributed by atoms with van der Waals surface area (Å²) in [6.07, 6.45) is 4.40. The van der Waals surface area contributed by atoms with Gasteiger partial charge >= 0.3 is 5.97 Å². The van der Waals surface area contributed by atoms with Gasteiger partial charge in [-0.2, -0.15) is 0 Å². The van der Waals surface area contributed by atoms with E-state index in [4.69, 9.17) is 9.84 Å². The van der Waals surface area contributed by atoms with Gasteiger partial charge in [-0.1, -0.05) is 0 Å². The lowest BCUT2D eigenvalue weighted by molar-refractivity contribution is 0.0697. The number of ether oxygens (including phenoxy) is 1. The molecule has 104 valence electrons. The third-order valence-electron chi connectivity index (χ3n) is 4.50. The number of carboxylic acid groups (broad SMARTS) is 1. The lowest BCUT2D eigenvalue weighted by Crippen LogP contribution is -2.18. The number of imidazole rings is 1. The molecule has 1 aromatic carbocycles. The van der Waals surface area contributed by atoms with E-state index in [1.807, 2.05) is 6.33 Å². The number of carbonyl (C=O) groups is 1. The molecule has 2 aromatic rings. The van der Waals surface area contributed by atoms with Crippen LogP contribution in [-0.4, -0.2) is 33.8 Å². The molecular weight excluding hydrogens is 256 g/mol. The molecule has 5 nitrogen and oxygen atoms in total. The zero-order chi connectivity index (χ0) is 13.7. The van der Waals surface area contributed by atoms with E-state index < -0.39 is 5.97 Å². The van der Waals surface area contributed by atoms with Crippen molar-refractivity contribution in [2.75, 3.05) is 13.2 Å². The number of aromatic nitrogens is 2. The Labute approximate surface area is 116 Å². The molecule has 2 fully saturated rings. The van der Waals surface area contributed by atoms with Gasteiger partial charge in [-0.3, -0.25) is 0 Å². The molecule has 2 aliphatic rings. The molecule has 0 bridgehead atoms. The van der Waals surface area contributed by atoms with Crippen molar-refractivity contribution in [3.8, 4) is 0 Å². The highest BCUT2D eigenvalue weighted by atomic mass is 16.5. The number of hydrogen-bond acceptors (Lipinski definition) is 3. The number of rotatable bonds is 3. The zero-order valence-electron chi connectivity index (χ0n) is 11.0. The molecule has 5 heteroatoms. The van der Waals surface area contributed by atoms with E-state index in [0.717, 1.165) is 23.6 Å². The van der Waals surface area contributed by atoms with E-state index in [1.165, 1.54) is 12.8 Å². The summed E-state index contributed by atoms with van der Waals surface area (Å²) in [6.45, 7) is 1.51. The van der Waals surface area contributed by atoms with Crippen LogP contribution in [0.25, 0.3) is 11.0 Å². The maximum absolute atomic E-state index is 11.1. The summed E-state index contributed by atoms with van der Waals surface area (Å²) in [6, 6.07) is 5.38. The van der Waals surface area contributed by atoms with Crippen LogP contribution >= 0.6 is 0 Å². The molecule has 1 saturated carbocycles. The Hall–Kier alpha value is -1.88. The van der Waals surface area contributed by atoms with Crippen LogP contribution in [-0.2, 0) is 4.74 Å². The van der Waals surface area contributed by atoms with Gasteiger partial charge in [0.15, 0.2) is 0 Å². The van der Waals surface area contributed by atoms with Crippen molar-refractivity contribution in [1.82, 2.24) is 9.55 Å². The monoisotopic (exact) mass is 272 g/mol.